The van der Waals surface area contributed by atoms with Crippen LogP contribution in [0.4, 0.5) is 16.0 Å². The third-order valence-corrected chi connectivity index (χ3v) is 7.68. The van der Waals surface area contributed by atoms with E-state index in [1.165, 1.54) is 13.0 Å². The summed E-state index contributed by atoms with van der Waals surface area (Å²) in [6, 6.07) is 11.3. The predicted octanol–water partition coefficient (Wildman–Crippen LogP) is 4.37. The topological polar surface area (TPSA) is 124 Å². The zero-order valence-corrected chi connectivity index (χ0v) is 24.0. The van der Waals surface area contributed by atoms with Gasteiger partial charge in [0, 0.05) is 74.8 Å². The van der Waals surface area contributed by atoms with Crippen LogP contribution in [0.15, 0.2) is 61.1 Å². The highest BCUT2D eigenvalue weighted by atomic mass is 35.5. The van der Waals surface area contributed by atoms with Crippen LogP contribution in [-0.2, 0) is 9.59 Å². The van der Waals surface area contributed by atoms with Gasteiger partial charge in [-0.1, -0.05) is 35.9 Å². The van der Waals surface area contributed by atoms with Gasteiger partial charge in [-0.2, -0.15) is 0 Å². The van der Waals surface area contributed by atoms with E-state index in [0.29, 0.717) is 48.4 Å². The minimum absolute atomic E-state index is 0.0572. The van der Waals surface area contributed by atoms with Crippen LogP contribution >= 0.6 is 11.6 Å². The van der Waals surface area contributed by atoms with Crippen molar-refractivity contribution in [2.45, 2.75) is 25.9 Å². The summed E-state index contributed by atoms with van der Waals surface area (Å²) in [5.41, 5.74) is 3.60. The number of hydrogen-bond donors (Lipinski definition) is 3. The maximum Gasteiger partial charge on any atom is 0.322 e. The molecule has 1 amide bonds. The number of carbonyl (C=O) groups excluding carboxylic acids is 1. The highest BCUT2D eigenvalue weighted by molar-refractivity contribution is 6.34. The first-order chi connectivity index (χ1) is 20.2. The third kappa shape index (κ3) is 6.42. The molecule has 0 aliphatic carbocycles. The molecular weight excluding hydrogens is 561 g/mol. The van der Waals surface area contributed by atoms with E-state index in [1.54, 1.807) is 36.8 Å². The second-order valence-corrected chi connectivity index (χ2v) is 10.6. The van der Waals surface area contributed by atoms with Crippen LogP contribution in [0, 0.1) is 5.82 Å². The van der Waals surface area contributed by atoms with E-state index >= 15 is 0 Å². The number of carbonyl (C=O) groups is 2. The molecule has 1 aliphatic heterocycles. The largest absolute Gasteiger partial charge is 0.480 e. The Kier molecular flexibility index (Phi) is 8.79. The van der Waals surface area contributed by atoms with E-state index in [4.69, 9.17) is 11.6 Å². The molecule has 0 unspecified atom stereocenters. The predicted molar refractivity (Wildman–Crippen MR) is 160 cm³/mol. The molecule has 218 valence electrons. The van der Waals surface area contributed by atoms with E-state index in [0.717, 1.165) is 22.0 Å². The lowest BCUT2D eigenvalue weighted by molar-refractivity contribution is -0.143. The van der Waals surface area contributed by atoms with Gasteiger partial charge in [0.05, 0.1) is 22.3 Å². The SMILES string of the molecule is CC(=O)NC[C@@H](C(=O)O)N1CCN(c2ncc(-c3ccc4ncc(Cl)c(N[C@H](C)c5ccccc5F)c4c3)cn2)CC1. The number of aromatic nitrogens is 3. The summed E-state index contributed by atoms with van der Waals surface area (Å²) < 4.78 is 14.4. The number of halogens is 2. The van der Waals surface area contributed by atoms with E-state index in [1.807, 2.05) is 34.9 Å². The van der Waals surface area contributed by atoms with Gasteiger partial charge in [0.25, 0.3) is 0 Å². The van der Waals surface area contributed by atoms with Gasteiger partial charge in [-0.25, -0.2) is 14.4 Å². The van der Waals surface area contributed by atoms with Crippen LogP contribution < -0.4 is 15.5 Å². The van der Waals surface area contributed by atoms with Crippen molar-refractivity contribution in [1.82, 2.24) is 25.2 Å². The van der Waals surface area contributed by atoms with Crippen LogP contribution in [0.5, 0.6) is 0 Å². The number of piperazine rings is 1. The fraction of sp³-hybridized carbons (Fsp3) is 0.300. The van der Waals surface area contributed by atoms with Crippen molar-refractivity contribution >= 4 is 46.0 Å². The van der Waals surface area contributed by atoms with Crippen molar-refractivity contribution in [3.63, 3.8) is 0 Å². The third-order valence-electron chi connectivity index (χ3n) is 7.39. The summed E-state index contributed by atoms with van der Waals surface area (Å²) in [4.78, 5) is 40.5. The molecule has 4 aromatic rings. The Morgan fingerprint density at radius 3 is 2.40 bits per heavy atom. The molecule has 0 saturated carbocycles. The van der Waals surface area contributed by atoms with Crippen molar-refractivity contribution in [3.8, 4) is 11.1 Å². The summed E-state index contributed by atoms with van der Waals surface area (Å²) in [7, 11) is 0. The van der Waals surface area contributed by atoms with Crippen LogP contribution in [-0.4, -0.2) is 75.6 Å². The fourth-order valence-corrected chi connectivity index (χ4v) is 5.30. The number of carboxylic acid groups (broad SMARTS) is 1. The Hall–Kier alpha value is -4.35. The quantitative estimate of drug-likeness (QED) is 0.260. The molecule has 0 spiro atoms. The van der Waals surface area contributed by atoms with Crippen molar-refractivity contribution in [2.24, 2.45) is 0 Å². The Bertz CT molecular complexity index is 1600. The molecule has 12 heteroatoms. The molecule has 1 aliphatic rings. The molecule has 1 fully saturated rings. The van der Waals surface area contributed by atoms with E-state index in [-0.39, 0.29) is 24.3 Å². The van der Waals surface area contributed by atoms with E-state index in [2.05, 4.69) is 25.6 Å². The van der Waals surface area contributed by atoms with Gasteiger partial charge in [0.1, 0.15) is 11.9 Å². The normalized spacial score (nSPS) is 15.3. The van der Waals surface area contributed by atoms with Gasteiger partial charge in [-0.3, -0.25) is 19.5 Å². The number of hydrogen-bond acceptors (Lipinski definition) is 8. The smallest absolute Gasteiger partial charge is 0.322 e. The summed E-state index contributed by atoms with van der Waals surface area (Å²) in [5, 5.41) is 16.8. The first-order valence-corrected chi connectivity index (χ1v) is 14.0. The number of rotatable bonds is 9. The number of carboxylic acids is 1. The Labute approximate surface area is 247 Å². The summed E-state index contributed by atoms with van der Waals surface area (Å²) in [6.07, 6.45) is 5.08. The van der Waals surface area contributed by atoms with Crippen LogP contribution in [0.25, 0.3) is 22.0 Å². The lowest BCUT2D eigenvalue weighted by Crippen LogP contribution is -2.56. The highest BCUT2D eigenvalue weighted by Gasteiger charge is 2.29. The summed E-state index contributed by atoms with van der Waals surface area (Å²) in [6.45, 7) is 5.41. The number of nitrogens with one attached hydrogen (secondary N) is 2. The van der Waals surface area contributed by atoms with Crippen LogP contribution in [0.2, 0.25) is 5.02 Å². The summed E-state index contributed by atoms with van der Waals surface area (Å²) >= 11 is 6.55. The van der Waals surface area contributed by atoms with Crippen molar-refractivity contribution < 1.29 is 19.1 Å². The Morgan fingerprint density at radius 2 is 1.74 bits per heavy atom. The molecule has 2 atom stereocenters. The minimum atomic E-state index is -0.968. The van der Waals surface area contributed by atoms with Gasteiger partial charge in [0.2, 0.25) is 11.9 Å². The average Bonchev–Trinajstić information content (AvgIpc) is 2.99. The number of anilines is 2. The monoisotopic (exact) mass is 591 g/mol. The number of pyridine rings is 1. The van der Waals surface area contributed by atoms with Crippen LogP contribution in [0.1, 0.15) is 25.5 Å². The lowest BCUT2D eigenvalue weighted by Gasteiger charge is -2.37. The maximum absolute atomic E-state index is 14.4. The number of aliphatic carboxylic acids is 1. The number of nitrogens with zero attached hydrogens (tertiary/aromatic N) is 5. The van der Waals surface area contributed by atoms with Gasteiger partial charge >= 0.3 is 5.97 Å². The first kappa shape index (κ1) is 29.2. The summed E-state index contributed by atoms with van der Waals surface area (Å²) in [5.74, 6) is -0.967. The minimum Gasteiger partial charge on any atom is -0.480 e. The van der Waals surface area contributed by atoms with E-state index in [9.17, 15) is 19.1 Å². The molecule has 2 aromatic carbocycles. The molecule has 10 nitrogen and oxygen atoms in total. The van der Waals surface area contributed by atoms with Crippen molar-refractivity contribution in [1.29, 1.82) is 0 Å². The number of amides is 1. The maximum atomic E-state index is 14.4. The number of fused-ring (bicyclic) bond motifs is 1. The zero-order chi connectivity index (χ0) is 29.8. The van der Waals surface area contributed by atoms with Crippen molar-refractivity contribution in [3.05, 3.63) is 77.5 Å². The standard InChI is InChI=1S/C30H31ClFN7O3/c1-18(22-5-3-4-6-25(22)32)37-28-23-13-20(7-8-26(23)34-16-24(28)31)21-14-35-30(36-15-21)39-11-9-38(10-12-39)27(29(41)42)17-33-19(2)40/h3-8,13-16,18,27H,9-12,17H2,1-2H3,(H,33,40)(H,34,37)(H,41,42)/t18-,27+/m1/s1. The van der Waals surface area contributed by atoms with Gasteiger partial charge in [-0.15, -0.1) is 0 Å². The second kappa shape index (κ2) is 12.7. The highest BCUT2D eigenvalue weighted by Crippen LogP contribution is 2.35. The molecule has 1 saturated heterocycles. The van der Waals surface area contributed by atoms with Gasteiger partial charge < -0.3 is 20.6 Å². The Morgan fingerprint density at radius 1 is 1.02 bits per heavy atom. The molecule has 5 rings (SSSR count). The molecule has 42 heavy (non-hydrogen) atoms. The average molecular weight is 592 g/mol. The van der Waals surface area contributed by atoms with E-state index < -0.39 is 12.0 Å². The second-order valence-electron chi connectivity index (χ2n) is 10.2. The fourth-order valence-electron chi connectivity index (χ4n) is 5.10. The van der Waals surface area contributed by atoms with Crippen molar-refractivity contribution in [2.75, 3.05) is 42.9 Å². The molecule has 0 radical (unpaired) electrons. The van der Waals surface area contributed by atoms with Gasteiger partial charge in [-0.05, 0) is 30.7 Å². The molecule has 3 N–H and O–H groups in total. The molecule has 3 heterocycles. The zero-order valence-electron chi connectivity index (χ0n) is 23.2. The van der Waals surface area contributed by atoms with Crippen LogP contribution in [0.3, 0.4) is 0 Å². The number of benzene rings is 2. The molecular formula is C30H31ClFN7O3. The lowest BCUT2D eigenvalue weighted by atomic mass is 10.0. The first-order valence-electron chi connectivity index (χ1n) is 13.6. The Balaban J connectivity index is 1.31. The molecule has 2 aromatic heterocycles. The van der Waals surface area contributed by atoms with Gasteiger partial charge in [0.15, 0.2) is 0 Å². The molecule has 0 bridgehead atoms.